The molecule has 3 rings (SSSR count). The molecule has 1 aliphatic rings. The number of aromatic amines is 1. The molecule has 2 amide bonds. The van der Waals surface area contributed by atoms with Crippen LogP contribution in [0.4, 0.5) is 11.4 Å². The summed E-state index contributed by atoms with van der Waals surface area (Å²) in [7, 11) is 0. The summed E-state index contributed by atoms with van der Waals surface area (Å²) in [6.45, 7) is 0.613. The summed E-state index contributed by atoms with van der Waals surface area (Å²) in [4.78, 5) is 38.0. The number of hydrogen-bond acceptors (Lipinski definition) is 4. The van der Waals surface area contributed by atoms with Crippen molar-refractivity contribution in [2.75, 3.05) is 17.2 Å². The summed E-state index contributed by atoms with van der Waals surface area (Å²) >= 11 is 0. The van der Waals surface area contributed by atoms with Crippen molar-refractivity contribution < 1.29 is 14.3 Å². The van der Waals surface area contributed by atoms with Crippen LogP contribution in [0.5, 0.6) is 0 Å². The number of rotatable bonds is 4. The van der Waals surface area contributed by atoms with Crippen molar-refractivity contribution in [3.63, 3.8) is 0 Å². The molecule has 0 radical (unpaired) electrons. The van der Waals surface area contributed by atoms with Gasteiger partial charge in [0.15, 0.2) is 0 Å². The fourth-order valence-corrected chi connectivity index (χ4v) is 2.44. The second-order valence-corrected chi connectivity index (χ2v) is 5.44. The lowest BCUT2D eigenvalue weighted by atomic mass is 10.2. The van der Waals surface area contributed by atoms with Gasteiger partial charge in [-0.1, -0.05) is 0 Å². The van der Waals surface area contributed by atoms with Gasteiger partial charge < -0.3 is 20.4 Å². The van der Waals surface area contributed by atoms with Gasteiger partial charge in [0.2, 0.25) is 0 Å². The minimum atomic E-state index is -0.493. The standard InChI is InChI=1S/C17H17N3O4/c21-15-13(3-1-9-18-15)16(22)19-11-5-7-12(8-6-11)20-17(23)14-4-2-10-24-14/h1,3,5-9,14H,2,4,10H2,(H,18,21)(H,19,22)(H,20,23). The third-order valence-corrected chi connectivity index (χ3v) is 3.70. The number of H-pyrrole nitrogens is 1. The van der Waals surface area contributed by atoms with Crippen molar-refractivity contribution in [3.8, 4) is 0 Å². The Hall–Kier alpha value is -2.93. The maximum atomic E-state index is 12.1. The van der Waals surface area contributed by atoms with E-state index in [9.17, 15) is 14.4 Å². The maximum Gasteiger partial charge on any atom is 0.261 e. The van der Waals surface area contributed by atoms with Gasteiger partial charge in [-0.15, -0.1) is 0 Å². The quantitative estimate of drug-likeness (QED) is 0.796. The molecule has 0 aliphatic carbocycles. The molecule has 3 N–H and O–H groups in total. The fraction of sp³-hybridized carbons (Fsp3) is 0.235. The molecule has 1 atom stereocenters. The second kappa shape index (κ2) is 7.10. The second-order valence-electron chi connectivity index (χ2n) is 5.44. The number of anilines is 2. The molecule has 0 saturated carbocycles. The lowest BCUT2D eigenvalue weighted by Gasteiger charge is -2.11. The van der Waals surface area contributed by atoms with Gasteiger partial charge in [-0.3, -0.25) is 14.4 Å². The third-order valence-electron chi connectivity index (χ3n) is 3.70. The molecular formula is C17H17N3O4. The Morgan fingerprint density at radius 3 is 2.42 bits per heavy atom. The lowest BCUT2D eigenvalue weighted by Crippen LogP contribution is -2.26. The molecule has 1 aromatic carbocycles. The molecule has 24 heavy (non-hydrogen) atoms. The maximum absolute atomic E-state index is 12.1. The summed E-state index contributed by atoms with van der Waals surface area (Å²) in [6.07, 6.45) is 2.69. The van der Waals surface area contributed by atoms with Crippen molar-refractivity contribution in [1.82, 2.24) is 4.98 Å². The summed E-state index contributed by atoms with van der Waals surface area (Å²) in [5.74, 6) is -0.659. The van der Waals surface area contributed by atoms with Gasteiger partial charge in [0, 0.05) is 24.2 Å². The van der Waals surface area contributed by atoms with E-state index in [1.807, 2.05) is 0 Å². The zero-order valence-electron chi connectivity index (χ0n) is 12.9. The van der Waals surface area contributed by atoms with Gasteiger partial charge in [-0.2, -0.15) is 0 Å². The average Bonchev–Trinajstić information content (AvgIpc) is 3.11. The molecular weight excluding hydrogens is 310 g/mol. The Labute approximate surface area is 138 Å². The van der Waals surface area contributed by atoms with Gasteiger partial charge in [0.1, 0.15) is 11.7 Å². The number of carbonyl (C=O) groups is 2. The predicted octanol–water partition coefficient (Wildman–Crippen LogP) is 1.74. The first-order valence-electron chi connectivity index (χ1n) is 7.65. The van der Waals surface area contributed by atoms with E-state index in [-0.39, 0.29) is 11.5 Å². The lowest BCUT2D eigenvalue weighted by molar-refractivity contribution is -0.124. The topological polar surface area (TPSA) is 100 Å². The van der Waals surface area contributed by atoms with Crippen LogP contribution in [-0.2, 0) is 9.53 Å². The average molecular weight is 327 g/mol. The van der Waals surface area contributed by atoms with Crippen LogP contribution in [0, 0.1) is 0 Å². The van der Waals surface area contributed by atoms with Crippen molar-refractivity contribution in [3.05, 3.63) is 58.5 Å². The Kier molecular flexibility index (Phi) is 4.72. The number of hydrogen-bond donors (Lipinski definition) is 3. The van der Waals surface area contributed by atoms with Crippen LogP contribution in [0.2, 0.25) is 0 Å². The molecule has 7 heteroatoms. The van der Waals surface area contributed by atoms with Gasteiger partial charge >= 0.3 is 0 Å². The minimum Gasteiger partial charge on any atom is -0.368 e. The van der Waals surface area contributed by atoms with Gasteiger partial charge in [0.05, 0.1) is 0 Å². The summed E-state index contributed by atoms with van der Waals surface area (Å²) in [6, 6.07) is 9.69. The highest BCUT2D eigenvalue weighted by Crippen LogP contribution is 2.17. The van der Waals surface area contributed by atoms with E-state index in [4.69, 9.17) is 4.74 Å². The van der Waals surface area contributed by atoms with Crippen LogP contribution in [-0.4, -0.2) is 29.5 Å². The van der Waals surface area contributed by atoms with Crippen LogP contribution in [0.1, 0.15) is 23.2 Å². The van der Waals surface area contributed by atoms with E-state index in [0.717, 1.165) is 12.8 Å². The molecule has 1 aromatic heterocycles. The zero-order valence-corrected chi connectivity index (χ0v) is 12.9. The predicted molar refractivity (Wildman–Crippen MR) is 89.1 cm³/mol. The summed E-state index contributed by atoms with van der Waals surface area (Å²) in [5, 5.41) is 5.41. The van der Waals surface area contributed by atoms with Crippen molar-refractivity contribution in [2.24, 2.45) is 0 Å². The highest BCUT2D eigenvalue weighted by atomic mass is 16.5. The number of carbonyl (C=O) groups excluding carboxylic acids is 2. The number of ether oxygens (including phenoxy) is 1. The number of aromatic nitrogens is 1. The molecule has 7 nitrogen and oxygen atoms in total. The Bertz CT molecular complexity index is 792. The van der Waals surface area contributed by atoms with E-state index in [2.05, 4.69) is 15.6 Å². The largest absolute Gasteiger partial charge is 0.368 e. The van der Waals surface area contributed by atoms with Crippen LogP contribution >= 0.6 is 0 Å². The van der Waals surface area contributed by atoms with Crippen LogP contribution in [0.25, 0.3) is 0 Å². The molecule has 2 heterocycles. The van der Waals surface area contributed by atoms with Crippen LogP contribution in [0.3, 0.4) is 0 Å². The van der Waals surface area contributed by atoms with Gasteiger partial charge in [-0.05, 0) is 49.2 Å². The Morgan fingerprint density at radius 1 is 1.08 bits per heavy atom. The number of benzene rings is 1. The molecule has 1 saturated heterocycles. The first kappa shape index (κ1) is 15.9. The third kappa shape index (κ3) is 3.69. The van der Waals surface area contributed by atoms with Gasteiger partial charge in [-0.25, -0.2) is 0 Å². The monoisotopic (exact) mass is 327 g/mol. The van der Waals surface area contributed by atoms with Crippen molar-refractivity contribution in [1.29, 1.82) is 0 Å². The minimum absolute atomic E-state index is 0.0354. The Morgan fingerprint density at radius 2 is 1.79 bits per heavy atom. The van der Waals surface area contributed by atoms with Crippen molar-refractivity contribution >= 4 is 23.2 Å². The van der Waals surface area contributed by atoms with Gasteiger partial charge in [0.25, 0.3) is 17.4 Å². The zero-order chi connectivity index (χ0) is 16.9. The molecule has 124 valence electrons. The molecule has 1 unspecified atom stereocenters. The van der Waals surface area contributed by atoms with E-state index in [1.165, 1.54) is 12.3 Å². The highest BCUT2D eigenvalue weighted by Gasteiger charge is 2.23. The Balaban J connectivity index is 1.62. The molecule has 0 bridgehead atoms. The number of nitrogens with one attached hydrogen (secondary N) is 3. The molecule has 1 aliphatic heterocycles. The van der Waals surface area contributed by atoms with E-state index in [0.29, 0.717) is 18.0 Å². The smallest absolute Gasteiger partial charge is 0.261 e. The normalized spacial score (nSPS) is 16.6. The van der Waals surface area contributed by atoms with E-state index in [1.54, 1.807) is 30.3 Å². The molecule has 1 fully saturated rings. The number of amides is 2. The summed E-state index contributed by atoms with van der Waals surface area (Å²) in [5.41, 5.74) is 0.730. The highest BCUT2D eigenvalue weighted by molar-refractivity contribution is 6.04. The fourth-order valence-electron chi connectivity index (χ4n) is 2.44. The van der Waals surface area contributed by atoms with Crippen molar-refractivity contribution in [2.45, 2.75) is 18.9 Å². The molecule has 2 aromatic rings. The summed E-state index contributed by atoms with van der Waals surface area (Å²) < 4.78 is 5.32. The van der Waals surface area contributed by atoms with Crippen LogP contribution in [0.15, 0.2) is 47.4 Å². The van der Waals surface area contributed by atoms with Crippen LogP contribution < -0.4 is 16.2 Å². The van der Waals surface area contributed by atoms with E-state index >= 15 is 0 Å². The molecule has 0 spiro atoms. The van der Waals surface area contributed by atoms with E-state index < -0.39 is 17.6 Å². The SMILES string of the molecule is O=C(Nc1ccc(NC(=O)C2CCCO2)cc1)c1ccc[nH]c1=O. The number of pyridine rings is 1. The first-order chi connectivity index (χ1) is 11.6. The first-order valence-corrected chi connectivity index (χ1v) is 7.65.